The average Bonchev–Trinajstić information content (AvgIpc) is 3.53. The van der Waals surface area contributed by atoms with E-state index in [1.165, 1.54) is 6.07 Å². The van der Waals surface area contributed by atoms with Crippen molar-refractivity contribution in [3.63, 3.8) is 0 Å². The van der Waals surface area contributed by atoms with Crippen LogP contribution in [0.4, 0.5) is 0 Å². The molecule has 0 bridgehead atoms. The molecule has 3 heterocycles. The molecular formula is C24H22N4O3S2. The minimum absolute atomic E-state index is 0.000306. The van der Waals surface area contributed by atoms with E-state index in [1.807, 2.05) is 35.8 Å². The summed E-state index contributed by atoms with van der Waals surface area (Å²) in [5.41, 5.74) is 2.70. The number of aromatic nitrogens is 1. The maximum Gasteiger partial charge on any atom is 0.285 e. The van der Waals surface area contributed by atoms with Crippen LogP contribution in [0, 0.1) is 0 Å². The molecule has 0 radical (unpaired) electrons. The van der Waals surface area contributed by atoms with Crippen molar-refractivity contribution < 1.29 is 13.2 Å². The van der Waals surface area contributed by atoms with E-state index in [4.69, 9.17) is 0 Å². The summed E-state index contributed by atoms with van der Waals surface area (Å²) in [4.78, 5) is 19.1. The molecule has 0 saturated heterocycles. The summed E-state index contributed by atoms with van der Waals surface area (Å²) in [7, 11) is -2.06. The maximum absolute atomic E-state index is 12.8. The van der Waals surface area contributed by atoms with Crippen molar-refractivity contribution in [1.29, 1.82) is 0 Å². The largest absolute Gasteiger partial charge is 0.361 e. The lowest BCUT2D eigenvalue weighted by molar-refractivity contribution is -0.121. The number of rotatable bonds is 6. The quantitative estimate of drug-likeness (QED) is 0.443. The molecule has 0 fully saturated rings. The van der Waals surface area contributed by atoms with Gasteiger partial charge in [-0.3, -0.25) is 4.79 Å². The van der Waals surface area contributed by atoms with Gasteiger partial charge >= 0.3 is 0 Å². The van der Waals surface area contributed by atoms with Gasteiger partial charge in [-0.15, -0.1) is 15.7 Å². The fourth-order valence-corrected chi connectivity index (χ4v) is 6.26. The van der Waals surface area contributed by atoms with Gasteiger partial charge in [-0.1, -0.05) is 36.4 Å². The molecule has 1 unspecified atom stereocenters. The molecule has 1 atom stereocenters. The van der Waals surface area contributed by atoms with Crippen LogP contribution in [0.25, 0.3) is 10.9 Å². The molecule has 2 N–H and O–H groups in total. The Morgan fingerprint density at radius 2 is 1.91 bits per heavy atom. The number of sulfonamides is 1. The molecule has 1 amide bonds. The Balaban J connectivity index is 1.32. The van der Waals surface area contributed by atoms with Crippen LogP contribution < -0.4 is 5.32 Å². The summed E-state index contributed by atoms with van der Waals surface area (Å²) in [5.74, 6) is 0.0795. The number of nitrogens with one attached hydrogen (secondary N) is 2. The molecule has 7 nitrogen and oxygen atoms in total. The second-order valence-electron chi connectivity index (χ2n) is 7.90. The van der Waals surface area contributed by atoms with Crippen LogP contribution in [0.2, 0.25) is 0 Å². The van der Waals surface area contributed by atoms with Crippen molar-refractivity contribution in [2.45, 2.75) is 10.8 Å². The summed E-state index contributed by atoms with van der Waals surface area (Å²) in [6, 6.07) is 18.8. The number of likely N-dealkylation sites (N-methyl/N-ethyl adjacent to an activating group) is 1. The van der Waals surface area contributed by atoms with E-state index < -0.39 is 10.0 Å². The van der Waals surface area contributed by atoms with Crippen LogP contribution >= 0.6 is 11.3 Å². The van der Waals surface area contributed by atoms with Gasteiger partial charge in [0.05, 0.1) is 6.54 Å². The molecule has 4 aromatic rings. The molecule has 1 aliphatic heterocycles. The first-order chi connectivity index (χ1) is 15.9. The van der Waals surface area contributed by atoms with E-state index in [1.54, 1.807) is 41.5 Å². The molecule has 33 heavy (non-hydrogen) atoms. The maximum atomic E-state index is 12.8. The zero-order valence-electron chi connectivity index (χ0n) is 17.9. The molecule has 2 aromatic carbocycles. The van der Waals surface area contributed by atoms with Crippen molar-refractivity contribution in [3.8, 4) is 0 Å². The zero-order valence-corrected chi connectivity index (χ0v) is 19.5. The number of hydrogen-bond donors (Lipinski definition) is 2. The Labute approximate surface area is 195 Å². The molecule has 168 valence electrons. The van der Waals surface area contributed by atoms with E-state index in [-0.39, 0.29) is 29.1 Å². The Hall–Kier alpha value is -3.43. The number of H-pyrrole nitrogens is 1. The van der Waals surface area contributed by atoms with E-state index in [9.17, 15) is 13.2 Å². The molecule has 1 aliphatic rings. The van der Waals surface area contributed by atoms with Gasteiger partial charge in [-0.05, 0) is 35.2 Å². The van der Waals surface area contributed by atoms with Gasteiger partial charge in [0, 0.05) is 47.1 Å². The first-order valence-electron chi connectivity index (χ1n) is 10.5. The number of benzene rings is 2. The molecule has 0 saturated carbocycles. The van der Waals surface area contributed by atoms with Crippen molar-refractivity contribution in [3.05, 3.63) is 88.2 Å². The summed E-state index contributed by atoms with van der Waals surface area (Å²) in [5, 5.41) is 6.19. The predicted molar refractivity (Wildman–Crippen MR) is 130 cm³/mol. The number of fused-ring (bicyclic) bond motifs is 2. The van der Waals surface area contributed by atoms with E-state index >= 15 is 0 Å². The van der Waals surface area contributed by atoms with E-state index in [0.717, 1.165) is 21.3 Å². The standard InChI is InChI=1S/C24H22N4O3S2/c1-28(24-17-8-3-5-11-22(17)33(30,31)27-24)15-23(29)26-14-19(21-10-6-12-32-21)18-13-25-20-9-4-2-7-16(18)20/h2-13,19,25H,14-15H2,1H3,(H,26,29). The number of amides is 1. The second kappa shape index (κ2) is 8.49. The minimum atomic E-state index is -3.73. The Kier molecular flexibility index (Phi) is 5.51. The minimum Gasteiger partial charge on any atom is -0.361 e. The van der Waals surface area contributed by atoms with Gasteiger partial charge in [0.15, 0.2) is 5.84 Å². The predicted octanol–water partition coefficient (Wildman–Crippen LogP) is 3.56. The first kappa shape index (κ1) is 21.4. The average molecular weight is 479 g/mol. The van der Waals surface area contributed by atoms with Crippen LogP contribution in [-0.4, -0.2) is 50.2 Å². The van der Waals surface area contributed by atoms with Gasteiger partial charge in [-0.25, -0.2) is 0 Å². The number of amidine groups is 1. The smallest absolute Gasteiger partial charge is 0.285 e. The molecule has 0 aliphatic carbocycles. The van der Waals surface area contributed by atoms with Crippen LogP contribution in [0.1, 0.15) is 21.9 Å². The lowest BCUT2D eigenvalue weighted by Gasteiger charge is -2.20. The van der Waals surface area contributed by atoms with Gasteiger partial charge in [0.1, 0.15) is 4.90 Å². The highest BCUT2D eigenvalue weighted by Crippen LogP contribution is 2.33. The van der Waals surface area contributed by atoms with Gasteiger partial charge in [0.2, 0.25) is 5.91 Å². The van der Waals surface area contributed by atoms with Gasteiger partial charge in [-0.2, -0.15) is 8.42 Å². The Morgan fingerprint density at radius 3 is 2.73 bits per heavy atom. The molecule has 5 rings (SSSR count). The van der Waals surface area contributed by atoms with Crippen LogP contribution in [0.15, 0.2) is 81.5 Å². The lowest BCUT2D eigenvalue weighted by atomic mass is 9.96. The summed E-state index contributed by atoms with van der Waals surface area (Å²) >= 11 is 1.65. The molecule has 9 heteroatoms. The molecule has 2 aromatic heterocycles. The van der Waals surface area contributed by atoms with Crippen molar-refractivity contribution in [2.24, 2.45) is 4.40 Å². The van der Waals surface area contributed by atoms with Crippen molar-refractivity contribution >= 4 is 44.0 Å². The number of carbonyl (C=O) groups is 1. The zero-order chi connectivity index (χ0) is 23.0. The van der Waals surface area contributed by atoms with Crippen LogP contribution in [-0.2, 0) is 14.8 Å². The van der Waals surface area contributed by atoms with Crippen LogP contribution in [0.3, 0.4) is 0 Å². The normalized spacial score (nSPS) is 15.1. The second-order valence-corrected chi connectivity index (χ2v) is 10.5. The topological polar surface area (TPSA) is 94.6 Å². The molecular weight excluding hydrogens is 456 g/mol. The van der Waals surface area contributed by atoms with E-state index in [0.29, 0.717) is 12.1 Å². The SMILES string of the molecule is CN(CC(=O)NCC(c1cccs1)c1c[nH]c2ccccc12)C1=NS(=O)(=O)c2ccccc21. The third-order valence-electron chi connectivity index (χ3n) is 5.74. The fraction of sp³-hybridized carbons (Fsp3) is 0.167. The van der Waals surface area contributed by atoms with Crippen molar-refractivity contribution in [2.75, 3.05) is 20.1 Å². The summed E-state index contributed by atoms with van der Waals surface area (Å²) in [6.07, 6.45) is 2.00. The highest BCUT2D eigenvalue weighted by molar-refractivity contribution is 7.90. The number of thiophene rings is 1. The number of nitrogens with zero attached hydrogens (tertiary/aromatic N) is 2. The third kappa shape index (κ3) is 4.05. The number of carbonyl (C=O) groups excluding carboxylic acids is 1. The number of para-hydroxylation sites is 1. The van der Waals surface area contributed by atoms with Gasteiger partial charge in [0.25, 0.3) is 10.0 Å². The fourth-order valence-electron chi connectivity index (χ4n) is 4.16. The molecule has 0 spiro atoms. The van der Waals surface area contributed by atoms with Gasteiger partial charge < -0.3 is 15.2 Å². The van der Waals surface area contributed by atoms with E-state index in [2.05, 4.69) is 26.8 Å². The first-order valence-corrected chi connectivity index (χ1v) is 12.8. The third-order valence-corrected chi connectivity index (χ3v) is 8.05. The highest BCUT2D eigenvalue weighted by Gasteiger charge is 2.31. The lowest BCUT2D eigenvalue weighted by Crippen LogP contribution is -2.39. The Bertz CT molecular complexity index is 1460. The number of aromatic amines is 1. The van der Waals surface area contributed by atoms with Crippen molar-refractivity contribution in [1.82, 2.24) is 15.2 Å². The monoisotopic (exact) mass is 478 g/mol. The summed E-state index contributed by atoms with van der Waals surface area (Å²) < 4.78 is 28.5. The van der Waals surface area contributed by atoms with Crippen LogP contribution in [0.5, 0.6) is 0 Å². The summed E-state index contributed by atoms with van der Waals surface area (Å²) in [6.45, 7) is 0.421. The number of hydrogen-bond acceptors (Lipinski definition) is 5. The Morgan fingerprint density at radius 1 is 1.12 bits per heavy atom. The highest BCUT2D eigenvalue weighted by atomic mass is 32.2.